The van der Waals surface area contributed by atoms with Crippen LogP contribution in [0.15, 0.2) is 12.1 Å². The Morgan fingerprint density at radius 3 is 2.08 bits per heavy atom. The normalized spacial score (nSPS) is 13.5. The van der Waals surface area contributed by atoms with Gasteiger partial charge in [-0.05, 0) is 37.1 Å². The standard InChI is InChI=1S/C14H20FNO7S2/c1-9-7-11(8-10(2)13(9)15)16-14(17)12(23-25(4,20)21)5-6-22-24(3,18)19/h7-8,12H,5-6H2,1-4H3,(H,16,17). The first-order valence-corrected chi connectivity index (χ1v) is 10.7. The molecule has 8 nitrogen and oxygen atoms in total. The minimum atomic E-state index is -3.98. The van der Waals surface area contributed by atoms with E-state index in [2.05, 4.69) is 13.7 Å². The molecule has 1 amide bonds. The van der Waals surface area contributed by atoms with Crippen LogP contribution in [-0.4, -0.2) is 48.0 Å². The Morgan fingerprint density at radius 2 is 1.64 bits per heavy atom. The van der Waals surface area contributed by atoms with Crippen molar-refractivity contribution in [3.05, 3.63) is 29.1 Å². The SMILES string of the molecule is Cc1cc(NC(=O)C(CCOS(C)(=O)=O)OS(C)(=O)=O)cc(C)c1F. The summed E-state index contributed by atoms with van der Waals surface area (Å²) in [5.74, 6) is -1.24. The topological polar surface area (TPSA) is 116 Å². The second-order valence-corrected chi connectivity index (χ2v) is 8.76. The van der Waals surface area contributed by atoms with E-state index in [0.717, 1.165) is 12.5 Å². The average molecular weight is 397 g/mol. The van der Waals surface area contributed by atoms with Gasteiger partial charge in [-0.3, -0.25) is 13.2 Å². The first-order valence-electron chi connectivity index (χ1n) is 7.09. The van der Waals surface area contributed by atoms with Crippen LogP contribution in [0.2, 0.25) is 0 Å². The van der Waals surface area contributed by atoms with E-state index in [1.54, 1.807) is 0 Å². The first-order chi connectivity index (χ1) is 11.3. The van der Waals surface area contributed by atoms with Gasteiger partial charge in [-0.1, -0.05) is 0 Å². The summed E-state index contributed by atoms with van der Waals surface area (Å²) in [4.78, 5) is 12.3. The molecular formula is C14H20FNO7S2. The van der Waals surface area contributed by atoms with Crippen LogP contribution in [0, 0.1) is 19.7 Å². The van der Waals surface area contributed by atoms with E-state index in [0.29, 0.717) is 11.1 Å². The van der Waals surface area contributed by atoms with Crippen LogP contribution in [0.25, 0.3) is 0 Å². The van der Waals surface area contributed by atoms with E-state index in [-0.39, 0.29) is 12.1 Å². The maximum atomic E-state index is 13.6. The van der Waals surface area contributed by atoms with Crippen molar-refractivity contribution in [2.75, 3.05) is 24.4 Å². The van der Waals surface area contributed by atoms with Gasteiger partial charge in [0.2, 0.25) is 0 Å². The van der Waals surface area contributed by atoms with Crippen LogP contribution < -0.4 is 5.32 Å². The number of hydrogen-bond donors (Lipinski definition) is 1. The third-order valence-corrected chi connectivity index (χ3v) is 4.14. The molecule has 1 N–H and O–H groups in total. The van der Waals surface area contributed by atoms with Crippen molar-refractivity contribution < 1.29 is 34.4 Å². The molecule has 142 valence electrons. The van der Waals surface area contributed by atoms with E-state index < -0.39 is 44.7 Å². The van der Waals surface area contributed by atoms with Crippen molar-refractivity contribution in [3.8, 4) is 0 Å². The van der Waals surface area contributed by atoms with Gasteiger partial charge in [0.25, 0.3) is 26.1 Å². The van der Waals surface area contributed by atoms with Crippen LogP contribution in [0.4, 0.5) is 10.1 Å². The van der Waals surface area contributed by atoms with Crippen LogP contribution in [0.1, 0.15) is 17.5 Å². The van der Waals surface area contributed by atoms with E-state index in [1.165, 1.54) is 26.0 Å². The molecule has 0 aliphatic heterocycles. The number of carbonyl (C=O) groups is 1. The molecule has 0 saturated carbocycles. The number of aryl methyl sites for hydroxylation is 2. The predicted molar refractivity (Wildman–Crippen MR) is 89.6 cm³/mol. The van der Waals surface area contributed by atoms with Crippen LogP contribution in [-0.2, 0) is 33.4 Å². The molecule has 0 aromatic heterocycles. The Labute approximate surface area is 146 Å². The lowest BCUT2D eigenvalue weighted by molar-refractivity contribution is -0.123. The molecule has 0 aliphatic rings. The number of rotatable bonds is 8. The highest BCUT2D eigenvalue weighted by Gasteiger charge is 2.25. The molecule has 25 heavy (non-hydrogen) atoms. The van der Waals surface area contributed by atoms with Gasteiger partial charge in [0, 0.05) is 12.1 Å². The number of hydrogen-bond acceptors (Lipinski definition) is 7. The van der Waals surface area contributed by atoms with Crippen LogP contribution in [0.5, 0.6) is 0 Å². The van der Waals surface area contributed by atoms with Gasteiger partial charge < -0.3 is 5.32 Å². The number of anilines is 1. The van der Waals surface area contributed by atoms with Gasteiger partial charge in [-0.25, -0.2) is 4.39 Å². The molecule has 0 radical (unpaired) electrons. The summed E-state index contributed by atoms with van der Waals surface area (Å²) < 4.78 is 67.3. The molecule has 0 heterocycles. The molecule has 0 spiro atoms. The summed E-state index contributed by atoms with van der Waals surface area (Å²) >= 11 is 0. The fourth-order valence-electron chi connectivity index (χ4n) is 1.98. The summed E-state index contributed by atoms with van der Waals surface area (Å²) in [6, 6.07) is 2.76. The molecular weight excluding hydrogens is 377 g/mol. The fourth-order valence-corrected chi connectivity index (χ4v) is 2.99. The molecule has 0 fully saturated rings. The van der Waals surface area contributed by atoms with Gasteiger partial charge in [0.1, 0.15) is 5.82 Å². The van der Waals surface area contributed by atoms with Crippen molar-refractivity contribution in [3.63, 3.8) is 0 Å². The highest BCUT2D eigenvalue weighted by molar-refractivity contribution is 7.86. The number of halogens is 1. The molecule has 0 bridgehead atoms. The third kappa shape index (κ3) is 7.90. The van der Waals surface area contributed by atoms with Crippen molar-refractivity contribution in [2.45, 2.75) is 26.4 Å². The zero-order valence-corrected chi connectivity index (χ0v) is 15.8. The Balaban J connectivity index is 2.91. The maximum absolute atomic E-state index is 13.6. The smallest absolute Gasteiger partial charge is 0.265 e. The molecule has 1 atom stereocenters. The third-order valence-electron chi connectivity index (χ3n) is 2.96. The van der Waals surface area contributed by atoms with Crippen molar-refractivity contribution in [2.24, 2.45) is 0 Å². The van der Waals surface area contributed by atoms with E-state index >= 15 is 0 Å². The lowest BCUT2D eigenvalue weighted by Crippen LogP contribution is -2.33. The lowest BCUT2D eigenvalue weighted by atomic mass is 10.1. The molecule has 1 rings (SSSR count). The molecule has 1 aromatic carbocycles. The molecule has 1 aromatic rings. The maximum Gasteiger partial charge on any atom is 0.265 e. The van der Waals surface area contributed by atoms with Gasteiger partial charge in [-0.2, -0.15) is 16.8 Å². The van der Waals surface area contributed by atoms with Gasteiger partial charge in [0.05, 0.1) is 19.1 Å². The van der Waals surface area contributed by atoms with Gasteiger partial charge >= 0.3 is 0 Å². The Morgan fingerprint density at radius 1 is 1.12 bits per heavy atom. The number of carbonyl (C=O) groups excluding carboxylic acids is 1. The molecule has 11 heteroatoms. The number of nitrogens with one attached hydrogen (secondary N) is 1. The van der Waals surface area contributed by atoms with Crippen molar-refractivity contribution in [1.29, 1.82) is 0 Å². The quantitative estimate of drug-likeness (QED) is 0.653. The van der Waals surface area contributed by atoms with Crippen LogP contribution >= 0.6 is 0 Å². The molecule has 0 aliphatic carbocycles. The highest BCUT2D eigenvalue weighted by Crippen LogP contribution is 2.19. The van der Waals surface area contributed by atoms with Gasteiger partial charge in [-0.15, -0.1) is 0 Å². The zero-order valence-electron chi connectivity index (χ0n) is 14.2. The summed E-state index contributed by atoms with van der Waals surface area (Å²) in [6.07, 6.45) is -0.228. The lowest BCUT2D eigenvalue weighted by Gasteiger charge is -2.16. The summed E-state index contributed by atoms with van der Waals surface area (Å²) in [5.41, 5.74) is 0.861. The number of benzene rings is 1. The first kappa shape index (κ1) is 21.5. The molecule has 1 unspecified atom stereocenters. The minimum absolute atomic E-state index is 0.257. The number of amides is 1. The second kappa shape index (κ2) is 8.21. The van der Waals surface area contributed by atoms with Gasteiger partial charge in [0.15, 0.2) is 6.10 Å². The zero-order chi connectivity index (χ0) is 19.4. The van der Waals surface area contributed by atoms with E-state index in [9.17, 15) is 26.0 Å². The second-order valence-electron chi connectivity index (χ2n) is 5.52. The van der Waals surface area contributed by atoms with E-state index in [1.807, 2.05) is 0 Å². The Bertz CT molecular complexity index is 827. The summed E-state index contributed by atoms with van der Waals surface area (Å²) in [7, 11) is -7.72. The van der Waals surface area contributed by atoms with Crippen molar-refractivity contribution >= 4 is 31.8 Å². The largest absolute Gasteiger partial charge is 0.324 e. The Hall–Kier alpha value is -1.56. The van der Waals surface area contributed by atoms with Crippen molar-refractivity contribution in [1.82, 2.24) is 0 Å². The predicted octanol–water partition coefficient (Wildman–Crippen LogP) is 1.09. The average Bonchev–Trinajstić information content (AvgIpc) is 2.40. The summed E-state index contributed by atoms with van der Waals surface area (Å²) in [5, 5.41) is 2.42. The highest BCUT2D eigenvalue weighted by atomic mass is 32.2. The molecule has 0 saturated heterocycles. The monoisotopic (exact) mass is 397 g/mol. The Kier molecular flexibility index (Phi) is 7.06. The fraction of sp³-hybridized carbons (Fsp3) is 0.500. The minimum Gasteiger partial charge on any atom is -0.324 e. The van der Waals surface area contributed by atoms with Crippen LogP contribution in [0.3, 0.4) is 0 Å². The summed E-state index contributed by atoms with van der Waals surface area (Å²) in [6.45, 7) is 2.60. The van der Waals surface area contributed by atoms with E-state index in [4.69, 9.17) is 0 Å².